The standard InChI is InChI=1S/C18H33N9O7S/c19-8(3-4-12(20)28)14(30)25-9(2-1-5-24-18(22)23)15(31)27-11(7-35)16(32)26-10(17(33)34)6-13(21)29/h8-11,35H,1-7,19H2,(H2,20,28)(H2,21,29)(H,25,30)(H,26,32)(H,27,31)(H,33,34)(H4,22,23,24). The number of thiol groups is 1. The number of nitrogens with two attached hydrogens (primary N) is 5. The van der Waals surface area contributed by atoms with Gasteiger partial charge in [0.15, 0.2) is 5.96 Å². The molecule has 0 aliphatic carbocycles. The number of carbonyl (C=O) groups excluding carboxylic acids is 5. The summed E-state index contributed by atoms with van der Waals surface area (Å²) in [5.41, 5.74) is 26.3. The van der Waals surface area contributed by atoms with Crippen LogP contribution in [-0.4, -0.2) is 83.0 Å². The van der Waals surface area contributed by atoms with Gasteiger partial charge in [-0.2, -0.15) is 12.6 Å². The molecule has 14 N–H and O–H groups in total. The highest BCUT2D eigenvalue weighted by molar-refractivity contribution is 7.80. The zero-order valence-electron chi connectivity index (χ0n) is 18.9. The van der Waals surface area contributed by atoms with Gasteiger partial charge >= 0.3 is 5.97 Å². The van der Waals surface area contributed by atoms with E-state index < -0.39 is 66.1 Å². The van der Waals surface area contributed by atoms with E-state index in [0.717, 1.165) is 0 Å². The molecule has 0 aromatic rings. The molecule has 0 fully saturated rings. The van der Waals surface area contributed by atoms with Crippen LogP contribution in [0.15, 0.2) is 4.99 Å². The predicted molar refractivity (Wildman–Crippen MR) is 127 cm³/mol. The molecule has 0 saturated carbocycles. The molecule has 4 unspecified atom stereocenters. The molecular weight excluding hydrogens is 486 g/mol. The number of hydrogen-bond acceptors (Lipinski definition) is 9. The second kappa shape index (κ2) is 16.1. The van der Waals surface area contributed by atoms with E-state index in [-0.39, 0.29) is 43.9 Å². The van der Waals surface area contributed by atoms with Crippen molar-refractivity contribution in [1.82, 2.24) is 16.0 Å². The van der Waals surface area contributed by atoms with Gasteiger partial charge in [0.2, 0.25) is 29.5 Å². The Morgan fingerprint density at radius 2 is 1.34 bits per heavy atom. The highest BCUT2D eigenvalue weighted by Crippen LogP contribution is 2.03. The number of aliphatic imine (C=N–C) groups is 1. The van der Waals surface area contributed by atoms with Gasteiger partial charge in [-0.3, -0.25) is 29.0 Å². The van der Waals surface area contributed by atoms with Crippen molar-refractivity contribution in [3.8, 4) is 0 Å². The van der Waals surface area contributed by atoms with E-state index in [4.69, 9.17) is 33.8 Å². The van der Waals surface area contributed by atoms with Crippen LogP contribution in [0.1, 0.15) is 32.1 Å². The van der Waals surface area contributed by atoms with E-state index in [1.54, 1.807) is 0 Å². The fraction of sp³-hybridized carbons (Fsp3) is 0.611. The molecule has 0 saturated heterocycles. The zero-order valence-corrected chi connectivity index (χ0v) is 19.8. The third-order valence-electron chi connectivity index (χ3n) is 4.45. The lowest BCUT2D eigenvalue weighted by atomic mass is 10.1. The Hall–Kier alpha value is -3.60. The molecule has 0 aliphatic rings. The van der Waals surface area contributed by atoms with Gasteiger partial charge < -0.3 is 49.7 Å². The summed E-state index contributed by atoms with van der Waals surface area (Å²) >= 11 is 3.99. The topological polar surface area (TPSA) is 301 Å². The number of carboxylic acids is 1. The molecule has 0 bridgehead atoms. The van der Waals surface area contributed by atoms with Crippen LogP contribution in [0, 0.1) is 0 Å². The molecule has 0 radical (unpaired) electrons. The Morgan fingerprint density at radius 3 is 1.83 bits per heavy atom. The minimum Gasteiger partial charge on any atom is -0.480 e. The largest absolute Gasteiger partial charge is 0.480 e. The number of amides is 5. The summed E-state index contributed by atoms with van der Waals surface area (Å²) in [5, 5.41) is 16.0. The third kappa shape index (κ3) is 13.6. The fourth-order valence-corrected chi connectivity index (χ4v) is 2.88. The molecule has 5 amide bonds. The van der Waals surface area contributed by atoms with Crippen LogP contribution >= 0.6 is 12.6 Å². The lowest BCUT2D eigenvalue weighted by Gasteiger charge is -2.24. The van der Waals surface area contributed by atoms with Gasteiger partial charge in [-0.1, -0.05) is 0 Å². The number of carboxylic acid groups (broad SMARTS) is 1. The van der Waals surface area contributed by atoms with Gasteiger partial charge in [0.25, 0.3) is 0 Å². The average Bonchev–Trinajstić information content (AvgIpc) is 2.76. The number of aliphatic carboxylic acids is 1. The van der Waals surface area contributed by atoms with Crippen molar-refractivity contribution >= 4 is 54.1 Å². The summed E-state index contributed by atoms with van der Waals surface area (Å²) in [7, 11) is 0. The number of rotatable bonds is 17. The van der Waals surface area contributed by atoms with Gasteiger partial charge in [0, 0.05) is 18.7 Å². The number of hydrogen-bond donors (Lipinski definition) is 10. The van der Waals surface area contributed by atoms with Crippen molar-refractivity contribution in [3.05, 3.63) is 0 Å². The molecule has 35 heavy (non-hydrogen) atoms. The second-order valence-corrected chi connectivity index (χ2v) is 7.80. The monoisotopic (exact) mass is 519 g/mol. The van der Waals surface area contributed by atoms with E-state index in [2.05, 4.69) is 33.6 Å². The summed E-state index contributed by atoms with van der Waals surface area (Å²) in [6, 6.07) is -5.25. The van der Waals surface area contributed by atoms with Gasteiger partial charge in [0.1, 0.15) is 18.1 Å². The highest BCUT2D eigenvalue weighted by Gasteiger charge is 2.30. The van der Waals surface area contributed by atoms with E-state index >= 15 is 0 Å². The van der Waals surface area contributed by atoms with Crippen molar-refractivity contribution < 1.29 is 33.9 Å². The van der Waals surface area contributed by atoms with E-state index in [1.807, 2.05) is 0 Å². The maximum absolute atomic E-state index is 12.8. The van der Waals surface area contributed by atoms with E-state index in [1.165, 1.54) is 0 Å². The number of nitrogens with one attached hydrogen (secondary N) is 3. The van der Waals surface area contributed by atoms with Gasteiger partial charge in [-0.15, -0.1) is 0 Å². The molecule has 0 aromatic carbocycles. The Labute approximate surface area is 206 Å². The highest BCUT2D eigenvalue weighted by atomic mass is 32.1. The SMILES string of the molecule is NC(=O)CCC(N)C(=O)NC(CCCN=C(N)N)C(=O)NC(CS)C(=O)NC(CC(N)=O)C(=O)O. The first kappa shape index (κ1) is 31.4. The second-order valence-electron chi connectivity index (χ2n) is 7.44. The molecule has 17 heteroatoms. The average molecular weight is 520 g/mol. The summed E-state index contributed by atoms with van der Waals surface area (Å²) in [6.07, 6.45) is -0.571. The summed E-state index contributed by atoms with van der Waals surface area (Å²) < 4.78 is 0. The molecule has 0 aromatic heterocycles. The van der Waals surface area contributed by atoms with Gasteiger partial charge in [0.05, 0.1) is 12.5 Å². The third-order valence-corrected chi connectivity index (χ3v) is 4.82. The van der Waals surface area contributed by atoms with Gasteiger partial charge in [-0.25, -0.2) is 4.79 Å². The minimum absolute atomic E-state index is 0.0389. The molecule has 0 rings (SSSR count). The number of guanidine groups is 1. The molecule has 198 valence electrons. The summed E-state index contributed by atoms with van der Waals surface area (Å²) in [4.78, 5) is 74.6. The van der Waals surface area contributed by atoms with Crippen molar-refractivity contribution in [2.24, 2.45) is 33.7 Å². The van der Waals surface area contributed by atoms with E-state index in [0.29, 0.717) is 0 Å². The van der Waals surface area contributed by atoms with Crippen LogP contribution in [0.2, 0.25) is 0 Å². The molecule has 0 spiro atoms. The number of primary amides is 2. The lowest BCUT2D eigenvalue weighted by molar-refractivity contribution is -0.143. The van der Waals surface area contributed by atoms with Crippen molar-refractivity contribution in [3.63, 3.8) is 0 Å². The van der Waals surface area contributed by atoms with Crippen LogP contribution < -0.4 is 44.6 Å². The van der Waals surface area contributed by atoms with Crippen LogP contribution in [0.5, 0.6) is 0 Å². The molecule has 4 atom stereocenters. The smallest absolute Gasteiger partial charge is 0.326 e. The summed E-state index contributed by atoms with van der Waals surface area (Å²) in [6.45, 7) is 0.138. The Bertz CT molecular complexity index is 820. The normalized spacial score (nSPS) is 13.9. The predicted octanol–water partition coefficient (Wildman–Crippen LogP) is -5.02. The van der Waals surface area contributed by atoms with Crippen molar-refractivity contribution in [2.75, 3.05) is 12.3 Å². The van der Waals surface area contributed by atoms with Crippen molar-refractivity contribution in [2.45, 2.75) is 56.3 Å². The molecular formula is C18H33N9O7S. The van der Waals surface area contributed by atoms with Crippen LogP contribution in [0.4, 0.5) is 0 Å². The quantitative estimate of drug-likeness (QED) is 0.0377. The first-order valence-corrected chi connectivity index (χ1v) is 11.0. The molecule has 0 heterocycles. The van der Waals surface area contributed by atoms with Crippen molar-refractivity contribution in [1.29, 1.82) is 0 Å². The number of nitrogens with zero attached hydrogens (tertiary/aromatic N) is 1. The first-order chi connectivity index (χ1) is 16.3. The lowest BCUT2D eigenvalue weighted by Crippen LogP contribution is -2.58. The maximum Gasteiger partial charge on any atom is 0.326 e. The minimum atomic E-state index is -1.61. The first-order valence-electron chi connectivity index (χ1n) is 10.4. The number of carbonyl (C=O) groups is 6. The Kier molecular flexibility index (Phi) is 14.4. The Morgan fingerprint density at radius 1 is 0.800 bits per heavy atom. The van der Waals surface area contributed by atoms with Crippen LogP contribution in [-0.2, 0) is 28.8 Å². The van der Waals surface area contributed by atoms with Gasteiger partial charge in [-0.05, 0) is 19.3 Å². The summed E-state index contributed by atoms with van der Waals surface area (Å²) in [5.74, 6) is -6.01. The molecule has 0 aliphatic heterocycles. The zero-order chi connectivity index (χ0) is 27.1. The van der Waals surface area contributed by atoms with E-state index in [9.17, 15) is 28.8 Å². The fourth-order valence-electron chi connectivity index (χ4n) is 2.62. The Balaban J connectivity index is 5.38. The van der Waals surface area contributed by atoms with Crippen LogP contribution in [0.3, 0.4) is 0 Å². The maximum atomic E-state index is 12.8. The molecule has 16 nitrogen and oxygen atoms in total. The van der Waals surface area contributed by atoms with Crippen LogP contribution in [0.25, 0.3) is 0 Å².